The Morgan fingerprint density at radius 2 is 1.87 bits per heavy atom. The Morgan fingerprint density at radius 3 is 2.60 bits per heavy atom. The quantitative estimate of drug-likeness (QED) is 0.743. The second-order valence-electron chi connectivity index (χ2n) is 2.89. The van der Waals surface area contributed by atoms with Crippen LogP contribution in [0, 0.1) is 11.9 Å². The largest absolute Gasteiger partial charge is 0.456 e. The van der Waals surface area contributed by atoms with E-state index in [0.29, 0.717) is 11.5 Å². The van der Waals surface area contributed by atoms with Crippen molar-refractivity contribution < 1.29 is 9.13 Å². The third-order valence-corrected chi connectivity index (χ3v) is 2.20. The Kier molecular flexibility index (Phi) is 2.88. The van der Waals surface area contributed by atoms with Crippen molar-refractivity contribution in [1.82, 2.24) is 0 Å². The predicted molar refractivity (Wildman–Crippen MR) is 56.8 cm³/mol. The molecule has 0 saturated heterocycles. The molecule has 0 aliphatic carbocycles. The fourth-order valence-corrected chi connectivity index (χ4v) is 1.29. The minimum Gasteiger partial charge on any atom is -0.456 e. The van der Waals surface area contributed by atoms with Crippen LogP contribution in [0.15, 0.2) is 42.5 Å². The van der Waals surface area contributed by atoms with Gasteiger partial charge in [-0.1, -0.05) is 29.8 Å². The van der Waals surface area contributed by atoms with Crippen LogP contribution in [0.2, 0.25) is 5.02 Å². The molecule has 0 N–H and O–H groups in total. The maximum absolute atomic E-state index is 13.1. The second kappa shape index (κ2) is 4.32. The first-order valence-corrected chi connectivity index (χ1v) is 4.73. The van der Waals surface area contributed by atoms with Gasteiger partial charge in [-0.3, -0.25) is 0 Å². The van der Waals surface area contributed by atoms with E-state index in [2.05, 4.69) is 6.07 Å². The highest BCUT2D eigenvalue weighted by Gasteiger charge is 2.06. The Morgan fingerprint density at radius 1 is 1.13 bits per heavy atom. The molecular formula is C12H7ClFO. The summed E-state index contributed by atoms with van der Waals surface area (Å²) in [6.07, 6.45) is 0. The van der Waals surface area contributed by atoms with Crippen molar-refractivity contribution >= 4 is 11.6 Å². The monoisotopic (exact) mass is 221 g/mol. The molecule has 1 radical (unpaired) electrons. The van der Waals surface area contributed by atoms with E-state index in [1.54, 1.807) is 36.4 Å². The number of hydrogen-bond donors (Lipinski definition) is 0. The first kappa shape index (κ1) is 9.99. The van der Waals surface area contributed by atoms with Crippen LogP contribution < -0.4 is 4.74 Å². The van der Waals surface area contributed by atoms with E-state index in [9.17, 15) is 4.39 Å². The fraction of sp³-hybridized carbons (Fsp3) is 0. The Balaban J connectivity index is 2.29. The molecule has 0 heterocycles. The molecule has 1 nitrogen and oxygen atoms in total. The Bertz CT molecular complexity index is 456. The summed E-state index contributed by atoms with van der Waals surface area (Å²) in [6.45, 7) is 0. The van der Waals surface area contributed by atoms with Crippen LogP contribution >= 0.6 is 11.6 Å². The predicted octanol–water partition coefficient (Wildman–Crippen LogP) is 4.07. The summed E-state index contributed by atoms with van der Waals surface area (Å²) in [6, 6.07) is 14.2. The summed E-state index contributed by atoms with van der Waals surface area (Å²) in [5.74, 6) is 0.417. The lowest BCUT2D eigenvalue weighted by molar-refractivity contribution is 0.477. The zero-order chi connectivity index (χ0) is 10.7. The van der Waals surface area contributed by atoms with E-state index in [4.69, 9.17) is 16.3 Å². The molecule has 3 heteroatoms. The van der Waals surface area contributed by atoms with Gasteiger partial charge in [-0.15, -0.1) is 0 Å². The molecule has 0 amide bonds. The van der Waals surface area contributed by atoms with Gasteiger partial charge >= 0.3 is 0 Å². The topological polar surface area (TPSA) is 9.23 Å². The van der Waals surface area contributed by atoms with Crippen molar-refractivity contribution in [3.8, 4) is 11.5 Å². The van der Waals surface area contributed by atoms with E-state index in [1.165, 1.54) is 6.07 Å². The van der Waals surface area contributed by atoms with Gasteiger partial charge in [-0.2, -0.15) is 0 Å². The molecule has 0 saturated carbocycles. The SMILES string of the molecule is Fc1cccc(Oc2cc[c]cc2)c1Cl. The molecule has 0 aliphatic heterocycles. The van der Waals surface area contributed by atoms with Crippen molar-refractivity contribution in [2.75, 3.05) is 0 Å². The van der Waals surface area contributed by atoms with Crippen LogP contribution in [0.4, 0.5) is 4.39 Å². The highest BCUT2D eigenvalue weighted by atomic mass is 35.5. The van der Waals surface area contributed by atoms with Gasteiger partial charge in [0.25, 0.3) is 0 Å². The smallest absolute Gasteiger partial charge is 0.149 e. The van der Waals surface area contributed by atoms with Crippen molar-refractivity contribution in [1.29, 1.82) is 0 Å². The van der Waals surface area contributed by atoms with Crippen molar-refractivity contribution in [3.63, 3.8) is 0 Å². The van der Waals surface area contributed by atoms with Gasteiger partial charge < -0.3 is 4.74 Å². The minimum atomic E-state index is -0.489. The maximum atomic E-state index is 13.1. The lowest BCUT2D eigenvalue weighted by atomic mass is 10.3. The number of benzene rings is 2. The second-order valence-corrected chi connectivity index (χ2v) is 3.27. The van der Waals surface area contributed by atoms with Crippen molar-refractivity contribution in [3.05, 3.63) is 59.4 Å². The molecule has 0 spiro atoms. The van der Waals surface area contributed by atoms with Crippen LogP contribution in [0.5, 0.6) is 11.5 Å². The zero-order valence-corrected chi connectivity index (χ0v) is 8.46. The Labute approximate surface area is 92.1 Å². The van der Waals surface area contributed by atoms with Gasteiger partial charge in [0, 0.05) is 0 Å². The Hall–Kier alpha value is -1.54. The zero-order valence-electron chi connectivity index (χ0n) is 7.71. The summed E-state index contributed by atoms with van der Waals surface area (Å²) in [4.78, 5) is 0. The standard InChI is InChI=1S/C12H7ClFO/c13-12-10(14)7-4-8-11(12)15-9-5-2-1-3-6-9/h2-8H. The van der Waals surface area contributed by atoms with E-state index in [0.717, 1.165) is 0 Å². The lowest BCUT2D eigenvalue weighted by Gasteiger charge is -2.07. The number of hydrogen-bond acceptors (Lipinski definition) is 1. The minimum absolute atomic E-state index is 0.00895. The molecule has 0 fully saturated rings. The molecule has 2 aromatic carbocycles. The first-order chi connectivity index (χ1) is 7.27. The van der Waals surface area contributed by atoms with E-state index in [-0.39, 0.29) is 5.02 Å². The van der Waals surface area contributed by atoms with Crippen LogP contribution in [-0.4, -0.2) is 0 Å². The van der Waals surface area contributed by atoms with Crippen molar-refractivity contribution in [2.24, 2.45) is 0 Å². The van der Waals surface area contributed by atoms with Gasteiger partial charge in [0.05, 0.1) is 0 Å². The van der Waals surface area contributed by atoms with Crippen LogP contribution in [0.1, 0.15) is 0 Å². The summed E-state index contributed by atoms with van der Waals surface area (Å²) >= 11 is 5.74. The summed E-state index contributed by atoms with van der Waals surface area (Å²) in [7, 11) is 0. The average Bonchev–Trinajstić information content (AvgIpc) is 2.26. The summed E-state index contributed by atoms with van der Waals surface area (Å²) in [5.41, 5.74) is 0. The van der Waals surface area contributed by atoms with Gasteiger partial charge in [-0.05, 0) is 30.3 Å². The van der Waals surface area contributed by atoms with Crippen LogP contribution in [0.3, 0.4) is 0 Å². The van der Waals surface area contributed by atoms with Crippen molar-refractivity contribution in [2.45, 2.75) is 0 Å². The van der Waals surface area contributed by atoms with Crippen LogP contribution in [-0.2, 0) is 0 Å². The first-order valence-electron chi connectivity index (χ1n) is 4.35. The third kappa shape index (κ3) is 2.28. The molecule has 15 heavy (non-hydrogen) atoms. The van der Waals surface area contributed by atoms with Gasteiger partial charge in [0.15, 0.2) is 0 Å². The fourth-order valence-electron chi connectivity index (χ4n) is 1.13. The summed E-state index contributed by atoms with van der Waals surface area (Å²) in [5, 5.41) is -0.00895. The van der Waals surface area contributed by atoms with E-state index in [1.807, 2.05) is 0 Å². The lowest BCUT2D eigenvalue weighted by Crippen LogP contribution is -1.86. The van der Waals surface area contributed by atoms with Crippen LogP contribution in [0.25, 0.3) is 0 Å². The molecule has 2 aromatic rings. The molecule has 0 bridgehead atoms. The number of halogens is 2. The maximum Gasteiger partial charge on any atom is 0.149 e. The van der Waals surface area contributed by atoms with Gasteiger partial charge in [0.2, 0.25) is 0 Å². The number of rotatable bonds is 2. The molecule has 0 unspecified atom stereocenters. The molecular weight excluding hydrogens is 215 g/mol. The molecule has 0 atom stereocenters. The third-order valence-electron chi connectivity index (χ3n) is 1.83. The number of ether oxygens (including phenoxy) is 1. The highest BCUT2D eigenvalue weighted by molar-refractivity contribution is 6.32. The molecule has 0 aromatic heterocycles. The molecule has 75 valence electrons. The molecule has 0 aliphatic rings. The molecule has 2 rings (SSSR count). The van der Waals surface area contributed by atoms with Gasteiger partial charge in [0.1, 0.15) is 22.3 Å². The van der Waals surface area contributed by atoms with Gasteiger partial charge in [-0.25, -0.2) is 4.39 Å². The highest BCUT2D eigenvalue weighted by Crippen LogP contribution is 2.30. The average molecular weight is 222 g/mol. The normalized spacial score (nSPS) is 10.0. The summed E-state index contributed by atoms with van der Waals surface area (Å²) < 4.78 is 18.5. The van der Waals surface area contributed by atoms with E-state index < -0.39 is 5.82 Å². The van der Waals surface area contributed by atoms with E-state index >= 15 is 0 Å².